The van der Waals surface area contributed by atoms with Crippen LogP contribution in [0.2, 0.25) is 0 Å². The molecule has 0 saturated carbocycles. The third-order valence-corrected chi connectivity index (χ3v) is 6.81. The molecule has 3 saturated heterocycles. The van der Waals surface area contributed by atoms with Crippen molar-refractivity contribution in [3.63, 3.8) is 0 Å². The first-order valence-electron chi connectivity index (χ1n) is 13.1. The summed E-state index contributed by atoms with van der Waals surface area (Å²) in [6.45, 7) is 8.79. The lowest BCUT2D eigenvalue weighted by Gasteiger charge is -2.40. The van der Waals surface area contributed by atoms with Gasteiger partial charge in [-0.2, -0.15) is 0 Å². The Morgan fingerprint density at radius 1 is 0.821 bits per heavy atom. The van der Waals surface area contributed by atoms with Crippen molar-refractivity contribution in [3.05, 3.63) is 23.8 Å². The molecule has 3 aliphatic rings. The zero-order valence-corrected chi connectivity index (χ0v) is 22.9. The first-order valence-corrected chi connectivity index (χ1v) is 13.1. The molecule has 4 rings (SSSR count). The van der Waals surface area contributed by atoms with Crippen LogP contribution in [0.1, 0.15) is 37.6 Å². The topological polar surface area (TPSA) is 132 Å². The lowest BCUT2D eigenvalue weighted by molar-refractivity contribution is -0.120. The molecule has 0 aliphatic carbocycles. The van der Waals surface area contributed by atoms with E-state index in [1.807, 2.05) is 20.8 Å². The van der Waals surface area contributed by atoms with Crippen molar-refractivity contribution in [2.75, 3.05) is 70.9 Å². The van der Waals surface area contributed by atoms with E-state index in [0.29, 0.717) is 69.4 Å². The Bertz CT molecular complexity index is 1130. The van der Waals surface area contributed by atoms with Crippen LogP contribution in [0.4, 0.5) is 20.1 Å². The van der Waals surface area contributed by atoms with Crippen molar-refractivity contribution in [1.82, 2.24) is 24.9 Å². The van der Waals surface area contributed by atoms with Crippen LogP contribution >= 0.6 is 0 Å². The molecule has 3 heterocycles. The molecular weight excluding hydrogens is 508 g/mol. The molecule has 1 aromatic carbocycles. The molecule has 39 heavy (non-hydrogen) atoms. The number of hydrogen-bond acceptors (Lipinski definition) is 7. The van der Waals surface area contributed by atoms with Crippen molar-refractivity contribution in [1.29, 1.82) is 0 Å². The van der Waals surface area contributed by atoms with Gasteiger partial charge in [0.1, 0.15) is 11.4 Å². The number of anilines is 1. The summed E-state index contributed by atoms with van der Waals surface area (Å²) in [5.74, 6) is -0.150. The molecule has 1 aromatic rings. The van der Waals surface area contributed by atoms with Crippen LogP contribution in [-0.2, 0) is 9.53 Å². The number of carbonyl (C=O) groups is 5. The van der Waals surface area contributed by atoms with Gasteiger partial charge in [0.15, 0.2) is 0 Å². The minimum absolute atomic E-state index is 0.108. The number of nitrogens with one attached hydrogen (secondary N) is 1. The standard InChI is InChI=1S/C26H36N6O7/c1-26(2,3)39-25(37)31-15-13-30(14-16-31)24(36)29-11-9-28(10-12-29)22(34)18-5-6-20(38-4)19(17-18)32-8-7-21(33)27-23(32)35/h5-6,17H,7-16H2,1-4H3,(H,27,33,35). The highest BCUT2D eigenvalue weighted by molar-refractivity contribution is 6.07. The molecule has 212 valence electrons. The van der Waals surface area contributed by atoms with E-state index in [1.54, 1.807) is 37.8 Å². The maximum absolute atomic E-state index is 13.3. The lowest BCUT2D eigenvalue weighted by Crippen LogP contribution is -2.58. The molecule has 13 heteroatoms. The summed E-state index contributed by atoms with van der Waals surface area (Å²) in [5.41, 5.74) is 0.221. The number of piperazine rings is 2. The first-order chi connectivity index (χ1) is 18.5. The van der Waals surface area contributed by atoms with Gasteiger partial charge in [-0.05, 0) is 39.0 Å². The van der Waals surface area contributed by atoms with E-state index >= 15 is 0 Å². The Hall–Kier alpha value is -4.03. The fourth-order valence-corrected chi connectivity index (χ4v) is 4.72. The number of methoxy groups -OCH3 is 1. The maximum atomic E-state index is 13.3. The summed E-state index contributed by atoms with van der Waals surface area (Å²) in [4.78, 5) is 70.7. The van der Waals surface area contributed by atoms with Crippen molar-refractivity contribution in [2.24, 2.45) is 0 Å². The molecule has 7 amide bonds. The number of urea groups is 2. The number of hydrogen-bond donors (Lipinski definition) is 1. The molecular formula is C26H36N6O7. The Morgan fingerprint density at radius 3 is 1.92 bits per heavy atom. The highest BCUT2D eigenvalue weighted by Gasteiger charge is 2.33. The number of ether oxygens (including phenoxy) is 2. The molecule has 0 bridgehead atoms. The maximum Gasteiger partial charge on any atom is 0.410 e. The van der Waals surface area contributed by atoms with E-state index in [4.69, 9.17) is 9.47 Å². The van der Waals surface area contributed by atoms with Crippen LogP contribution in [0.3, 0.4) is 0 Å². The summed E-state index contributed by atoms with van der Waals surface area (Å²) >= 11 is 0. The van der Waals surface area contributed by atoms with Crippen LogP contribution in [-0.4, -0.2) is 121 Å². The van der Waals surface area contributed by atoms with Gasteiger partial charge in [0.2, 0.25) is 5.91 Å². The lowest BCUT2D eigenvalue weighted by atomic mass is 10.1. The smallest absolute Gasteiger partial charge is 0.410 e. The molecule has 1 N–H and O–H groups in total. The molecule has 0 aromatic heterocycles. The summed E-state index contributed by atoms with van der Waals surface area (Å²) in [6.07, 6.45) is -0.225. The van der Waals surface area contributed by atoms with Crippen molar-refractivity contribution in [3.8, 4) is 5.75 Å². The summed E-state index contributed by atoms with van der Waals surface area (Å²) < 4.78 is 10.8. The van der Waals surface area contributed by atoms with Crippen LogP contribution in [0, 0.1) is 0 Å². The van der Waals surface area contributed by atoms with Crippen LogP contribution in [0.5, 0.6) is 5.75 Å². The molecule has 0 atom stereocenters. The summed E-state index contributed by atoms with van der Waals surface area (Å²) in [6, 6.07) is 4.19. The first kappa shape index (κ1) is 28.0. The molecule has 0 unspecified atom stereocenters. The van der Waals surface area contributed by atoms with E-state index in [0.717, 1.165) is 0 Å². The van der Waals surface area contributed by atoms with Crippen LogP contribution in [0.15, 0.2) is 18.2 Å². The molecule has 0 radical (unpaired) electrons. The van der Waals surface area contributed by atoms with Gasteiger partial charge in [0, 0.05) is 70.9 Å². The fourth-order valence-electron chi connectivity index (χ4n) is 4.72. The van der Waals surface area contributed by atoms with Gasteiger partial charge in [-0.3, -0.25) is 19.8 Å². The number of rotatable bonds is 3. The SMILES string of the molecule is COc1ccc(C(=O)N2CCN(C(=O)N3CCN(C(=O)OC(C)(C)C)CC3)CC2)cc1N1CCC(=O)NC1=O. The fraction of sp³-hybridized carbons (Fsp3) is 0.577. The van der Waals surface area contributed by atoms with E-state index in [2.05, 4.69) is 5.32 Å². The third kappa shape index (κ3) is 6.52. The van der Waals surface area contributed by atoms with Crippen LogP contribution < -0.4 is 15.0 Å². The Labute approximate surface area is 227 Å². The average Bonchev–Trinajstić information content (AvgIpc) is 2.91. The zero-order valence-electron chi connectivity index (χ0n) is 22.9. The average molecular weight is 545 g/mol. The van der Waals surface area contributed by atoms with Gasteiger partial charge in [-0.1, -0.05) is 0 Å². The van der Waals surface area contributed by atoms with Gasteiger partial charge < -0.3 is 29.1 Å². The summed E-state index contributed by atoms with van der Waals surface area (Å²) in [5, 5.41) is 2.28. The Balaban J connectivity index is 1.32. The monoisotopic (exact) mass is 544 g/mol. The minimum atomic E-state index is -0.572. The van der Waals surface area contributed by atoms with Gasteiger partial charge in [0.05, 0.1) is 12.8 Å². The van der Waals surface area contributed by atoms with Crippen LogP contribution in [0.25, 0.3) is 0 Å². The second kappa shape index (κ2) is 11.4. The van der Waals surface area contributed by atoms with Gasteiger partial charge >= 0.3 is 18.2 Å². The number of benzene rings is 1. The van der Waals surface area contributed by atoms with Gasteiger partial charge in [-0.25, -0.2) is 14.4 Å². The van der Waals surface area contributed by atoms with Crippen molar-refractivity contribution >= 4 is 35.7 Å². The molecule has 3 aliphatic heterocycles. The zero-order chi connectivity index (χ0) is 28.3. The molecule has 13 nitrogen and oxygen atoms in total. The largest absolute Gasteiger partial charge is 0.495 e. The number of imide groups is 1. The summed E-state index contributed by atoms with van der Waals surface area (Å²) in [7, 11) is 1.47. The minimum Gasteiger partial charge on any atom is -0.495 e. The Kier molecular flexibility index (Phi) is 8.17. The number of carbonyl (C=O) groups excluding carboxylic acids is 5. The molecule has 3 fully saturated rings. The van der Waals surface area contributed by atoms with E-state index in [9.17, 15) is 24.0 Å². The van der Waals surface area contributed by atoms with Gasteiger partial charge in [-0.15, -0.1) is 0 Å². The van der Waals surface area contributed by atoms with Crippen molar-refractivity contribution < 1.29 is 33.4 Å². The highest BCUT2D eigenvalue weighted by Crippen LogP contribution is 2.31. The number of nitrogens with zero attached hydrogens (tertiary/aromatic N) is 5. The van der Waals surface area contributed by atoms with E-state index in [1.165, 1.54) is 12.0 Å². The van der Waals surface area contributed by atoms with Crippen molar-refractivity contribution in [2.45, 2.75) is 32.8 Å². The highest BCUT2D eigenvalue weighted by atomic mass is 16.6. The predicted molar refractivity (Wildman–Crippen MR) is 141 cm³/mol. The number of amides is 7. The quantitative estimate of drug-likeness (QED) is 0.611. The second-order valence-electron chi connectivity index (χ2n) is 10.7. The second-order valence-corrected chi connectivity index (χ2v) is 10.7. The predicted octanol–water partition coefficient (Wildman–Crippen LogP) is 1.57. The Morgan fingerprint density at radius 2 is 1.38 bits per heavy atom. The normalized spacial score (nSPS) is 18.6. The van der Waals surface area contributed by atoms with Gasteiger partial charge in [0.25, 0.3) is 5.91 Å². The third-order valence-electron chi connectivity index (χ3n) is 6.81. The van der Waals surface area contributed by atoms with E-state index < -0.39 is 11.6 Å². The van der Waals surface area contributed by atoms with E-state index in [-0.39, 0.29) is 36.9 Å². The molecule has 0 spiro atoms.